The monoisotopic (exact) mass is 430 g/mol. The highest BCUT2D eigenvalue weighted by Gasteiger charge is 2.45. The Kier molecular flexibility index (Phi) is 7.02. The number of amides is 2. The predicted octanol–water partition coefficient (Wildman–Crippen LogP) is 5.74. The van der Waals surface area contributed by atoms with E-state index in [1.165, 1.54) is 19.3 Å². The van der Waals surface area contributed by atoms with E-state index in [4.69, 9.17) is 11.6 Å². The van der Waals surface area contributed by atoms with Crippen molar-refractivity contribution in [1.29, 1.82) is 0 Å². The van der Waals surface area contributed by atoms with Gasteiger partial charge in [0.1, 0.15) is 12.6 Å². The van der Waals surface area contributed by atoms with Crippen LogP contribution >= 0.6 is 11.6 Å². The molecule has 0 N–H and O–H groups in total. The summed E-state index contributed by atoms with van der Waals surface area (Å²) in [4.78, 5) is 31.2. The Balaban J connectivity index is 1.64. The molecule has 5 heteroatoms. The molecule has 1 saturated heterocycles. The Morgan fingerprint density at radius 3 is 2.03 bits per heavy atom. The van der Waals surface area contributed by atoms with Crippen molar-refractivity contribution in [2.45, 2.75) is 95.7 Å². The van der Waals surface area contributed by atoms with Crippen LogP contribution in [0.5, 0.6) is 0 Å². The van der Waals surface area contributed by atoms with Gasteiger partial charge in [-0.05, 0) is 62.1 Å². The quantitative estimate of drug-likeness (QED) is 0.613. The van der Waals surface area contributed by atoms with E-state index in [2.05, 4.69) is 6.92 Å². The molecular formula is C25H35ClN2O2. The fourth-order valence-electron chi connectivity index (χ4n) is 5.66. The summed E-state index contributed by atoms with van der Waals surface area (Å²) >= 11 is 6.13. The molecule has 4 nitrogen and oxygen atoms in total. The second-order valence-corrected chi connectivity index (χ2v) is 10.1. The first-order chi connectivity index (χ1) is 14.5. The summed E-state index contributed by atoms with van der Waals surface area (Å²) in [5.41, 5.74) is 0.897. The zero-order valence-corrected chi connectivity index (χ0v) is 18.9. The van der Waals surface area contributed by atoms with Crippen LogP contribution in [0.25, 0.3) is 0 Å². The average Bonchev–Trinajstić information content (AvgIpc) is 2.71. The van der Waals surface area contributed by atoms with Crippen molar-refractivity contribution in [2.75, 3.05) is 6.54 Å². The molecule has 0 unspecified atom stereocenters. The van der Waals surface area contributed by atoms with Crippen LogP contribution in [0, 0.1) is 5.92 Å². The van der Waals surface area contributed by atoms with Gasteiger partial charge in [0, 0.05) is 17.1 Å². The van der Waals surface area contributed by atoms with E-state index < -0.39 is 6.04 Å². The maximum atomic E-state index is 13.8. The second-order valence-electron chi connectivity index (χ2n) is 9.63. The summed E-state index contributed by atoms with van der Waals surface area (Å²) in [5.74, 6) is 0.951. The Hall–Kier alpha value is -1.55. The van der Waals surface area contributed by atoms with Crippen molar-refractivity contribution in [3.63, 3.8) is 0 Å². The zero-order valence-electron chi connectivity index (χ0n) is 18.2. The third kappa shape index (κ3) is 4.69. The van der Waals surface area contributed by atoms with Gasteiger partial charge in [-0.15, -0.1) is 0 Å². The van der Waals surface area contributed by atoms with E-state index in [0.29, 0.717) is 5.02 Å². The van der Waals surface area contributed by atoms with Gasteiger partial charge in [-0.3, -0.25) is 9.59 Å². The molecule has 0 radical (unpaired) electrons. The fraction of sp³-hybridized carbons (Fsp3) is 0.680. The van der Waals surface area contributed by atoms with Crippen LogP contribution in [0.2, 0.25) is 5.02 Å². The van der Waals surface area contributed by atoms with Gasteiger partial charge in [-0.25, -0.2) is 0 Å². The predicted molar refractivity (Wildman–Crippen MR) is 120 cm³/mol. The molecule has 3 fully saturated rings. The van der Waals surface area contributed by atoms with Crippen LogP contribution < -0.4 is 0 Å². The molecule has 1 aliphatic heterocycles. The molecule has 4 rings (SSSR count). The van der Waals surface area contributed by atoms with E-state index in [1.54, 1.807) is 0 Å². The lowest BCUT2D eigenvalue weighted by molar-refractivity contribution is -0.162. The molecule has 0 spiro atoms. The number of carbonyl (C=O) groups is 2. The highest BCUT2D eigenvalue weighted by molar-refractivity contribution is 6.30. The lowest BCUT2D eigenvalue weighted by Gasteiger charge is -2.48. The van der Waals surface area contributed by atoms with Crippen LogP contribution in [0.4, 0.5) is 0 Å². The molecule has 164 valence electrons. The van der Waals surface area contributed by atoms with Crippen LogP contribution in [0.15, 0.2) is 24.3 Å². The number of piperazine rings is 1. The molecular weight excluding hydrogens is 396 g/mol. The number of benzene rings is 1. The van der Waals surface area contributed by atoms with E-state index >= 15 is 0 Å². The molecule has 1 aromatic carbocycles. The van der Waals surface area contributed by atoms with Gasteiger partial charge in [-0.1, -0.05) is 62.8 Å². The molecule has 1 aromatic rings. The maximum Gasteiger partial charge on any atom is 0.250 e. The molecule has 2 amide bonds. The second kappa shape index (κ2) is 9.72. The molecule has 0 bridgehead atoms. The molecule has 2 saturated carbocycles. The molecule has 2 aliphatic carbocycles. The summed E-state index contributed by atoms with van der Waals surface area (Å²) in [6.45, 7) is 2.53. The standard InChI is InChI=1S/C25H35ClN2O2/c1-18-9-15-21(16-10-18)27-17-23(29)28(22-7-5-3-2-4-6-8-22)24(25(27)30)19-11-13-20(26)14-12-19/h11-14,18,21-22,24H,2-10,15-17H2,1H3/t18?,21?,24-/m0/s1. The van der Waals surface area contributed by atoms with Crippen LogP contribution in [-0.2, 0) is 9.59 Å². The van der Waals surface area contributed by atoms with Gasteiger partial charge < -0.3 is 9.80 Å². The number of rotatable bonds is 3. The lowest BCUT2D eigenvalue weighted by atomic mass is 9.85. The number of hydrogen-bond donors (Lipinski definition) is 0. The van der Waals surface area contributed by atoms with Crippen LogP contribution in [0.1, 0.15) is 89.2 Å². The third-order valence-electron chi connectivity index (χ3n) is 7.47. The Bertz CT molecular complexity index is 734. The van der Waals surface area contributed by atoms with E-state index in [-0.39, 0.29) is 30.4 Å². The summed E-state index contributed by atoms with van der Waals surface area (Å²) in [7, 11) is 0. The minimum Gasteiger partial charge on any atom is -0.328 e. The van der Waals surface area contributed by atoms with Gasteiger partial charge in [0.25, 0.3) is 5.91 Å². The molecule has 0 aromatic heterocycles. The number of nitrogens with zero attached hydrogens (tertiary/aromatic N) is 2. The smallest absolute Gasteiger partial charge is 0.250 e. The SMILES string of the molecule is CC1CCC(N2CC(=O)N(C3CCCCCCC3)[C@@H](c3ccc(Cl)cc3)C2=O)CC1. The normalized spacial score (nSPS) is 29.6. The van der Waals surface area contributed by atoms with Crippen LogP contribution in [0.3, 0.4) is 0 Å². The van der Waals surface area contributed by atoms with Crippen molar-refractivity contribution in [2.24, 2.45) is 5.92 Å². The molecule has 1 atom stereocenters. The van der Waals surface area contributed by atoms with Gasteiger partial charge in [0.2, 0.25) is 5.91 Å². The summed E-state index contributed by atoms with van der Waals surface area (Å²) < 4.78 is 0. The number of carbonyl (C=O) groups excluding carboxylic acids is 2. The molecule has 1 heterocycles. The summed E-state index contributed by atoms with van der Waals surface area (Å²) in [6.07, 6.45) is 12.3. The first-order valence-corrected chi connectivity index (χ1v) is 12.3. The van der Waals surface area contributed by atoms with E-state index in [9.17, 15) is 9.59 Å². The Labute approximate surface area is 185 Å². The van der Waals surface area contributed by atoms with E-state index in [1.807, 2.05) is 34.1 Å². The van der Waals surface area contributed by atoms with Crippen molar-refractivity contribution in [1.82, 2.24) is 9.80 Å². The fourth-order valence-corrected chi connectivity index (χ4v) is 5.79. The minimum absolute atomic E-state index is 0.110. The highest BCUT2D eigenvalue weighted by Crippen LogP contribution is 2.37. The first kappa shape index (κ1) is 21.7. The third-order valence-corrected chi connectivity index (χ3v) is 7.72. The Morgan fingerprint density at radius 2 is 1.40 bits per heavy atom. The maximum absolute atomic E-state index is 13.8. The van der Waals surface area contributed by atoms with Gasteiger partial charge in [0.05, 0.1) is 0 Å². The Morgan fingerprint density at radius 1 is 0.800 bits per heavy atom. The zero-order chi connectivity index (χ0) is 21.1. The summed E-state index contributed by atoms with van der Waals surface area (Å²) in [6, 6.07) is 7.40. The minimum atomic E-state index is -0.507. The van der Waals surface area contributed by atoms with Gasteiger partial charge in [-0.2, -0.15) is 0 Å². The van der Waals surface area contributed by atoms with Crippen LogP contribution in [-0.4, -0.2) is 40.2 Å². The molecule has 3 aliphatic rings. The highest BCUT2D eigenvalue weighted by atomic mass is 35.5. The van der Waals surface area contributed by atoms with Crippen molar-refractivity contribution in [3.8, 4) is 0 Å². The topological polar surface area (TPSA) is 40.6 Å². The largest absolute Gasteiger partial charge is 0.328 e. The van der Waals surface area contributed by atoms with E-state index in [0.717, 1.165) is 62.8 Å². The van der Waals surface area contributed by atoms with Crippen molar-refractivity contribution in [3.05, 3.63) is 34.9 Å². The first-order valence-electron chi connectivity index (χ1n) is 11.9. The van der Waals surface area contributed by atoms with Crippen molar-refractivity contribution >= 4 is 23.4 Å². The lowest BCUT2D eigenvalue weighted by Crippen LogP contribution is -2.61. The number of hydrogen-bond acceptors (Lipinski definition) is 2. The van der Waals surface area contributed by atoms with Gasteiger partial charge >= 0.3 is 0 Å². The average molecular weight is 431 g/mol. The number of halogens is 1. The molecule has 30 heavy (non-hydrogen) atoms. The summed E-state index contributed by atoms with van der Waals surface area (Å²) in [5, 5.41) is 0.656. The van der Waals surface area contributed by atoms with Gasteiger partial charge in [0.15, 0.2) is 0 Å². The van der Waals surface area contributed by atoms with Crippen molar-refractivity contribution < 1.29 is 9.59 Å².